The maximum atomic E-state index is 11.3. The van der Waals surface area contributed by atoms with E-state index in [-0.39, 0.29) is 16.8 Å². The molecule has 0 spiro atoms. The normalized spacial score (nSPS) is 10.6. The lowest BCUT2D eigenvalue weighted by molar-refractivity contribution is -0.384. The van der Waals surface area contributed by atoms with Gasteiger partial charge >= 0.3 is 5.76 Å². The zero-order valence-corrected chi connectivity index (χ0v) is 8.28. The summed E-state index contributed by atoms with van der Waals surface area (Å²) in [6, 6.07) is 3.47. The van der Waals surface area contributed by atoms with Crippen LogP contribution in [-0.4, -0.2) is 15.5 Å². The number of hydrogen-bond acceptors (Lipinski definition) is 6. The van der Waals surface area contributed by atoms with Gasteiger partial charge in [-0.3, -0.25) is 14.7 Å². The van der Waals surface area contributed by atoms with E-state index < -0.39 is 23.2 Å². The van der Waals surface area contributed by atoms with E-state index in [0.717, 1.165) is 16.7 Å². The van der Waals surface area contributed by atoms with Crippen molar-refractivity contribution < 1.29 is 19.2 Å². The Bertz CT molecular complexity index is 668. The Balaban J connectivity index is 2.64. The molecule has 88 valence electrons. The SMILES string of the molecule is O=C([O-])Cn1c(=O)oc2cc([N+](=O)[O-])ccc21. The van der Waals surface area contributed by atoms with Crippen molar-refractivity contribution in [2.24, 2.45) is 0 Å². The van der Waals surface area contributed by atoms with Crippen molar-refractivity contribution in [1.82, 2.24) is 4.57 Å². The average molecular weight is 237 g/mol. The number of aliphatic carboxylic acids is 1. The molecule has 0 unspecified atom stereocenters. The van der Waals surface area contributed by atoms with E-state index in [4.69, 9.17) is 4.42 Å². The Morgan fingerprint density at radius 1 is 1.47 bits per heavy atom. The smallest absolute Gasteiger partial charge is 0.420 e. The first kappa shape index (κ1) is 10.9. The molecule has 1 aromatic heterocycles. The molecule has 8 nitrogen and oxygen atoms in total. The molecule has 2 aromatic rings. The van der Waals surface area contributed by atoms with E-state index >= 15 is 0 Å². The van der Waals surface area contributed by atoms with Gasteiger partial charge in [-0.15, -0.1) is 0 Å². The third kappa shape index (κ3) is 1.87. The van der Waals surface area contributed by atoms with Crippen LogP contribution in [0.5, 0.6) is 0 Å². The second-order valence-corrected chi connectivity index (χ2v) is 3.24. The molecule has 0 atom stereocenters. The number of nitro groups is 1. The molecule has 0 N–H and O–H groups in total. The van der Waals surface area contributed by atoms with Crippen LogP contribution in [0.3, 0.4) is 0 Å². The van der Waals surface area contributed by atoms with E-state index in [2.05, 4.69) is 0 Å². The zero-order chi connectivity index (χ0) is 12.6. The van der Waals surface area contributed by atoms with Crippen molar-refractivity contribution in [3.8, 4) is 0 Å². The van der Waals surface area contributed by atoms with Gasteiger partial charge in [-0.05, 0) is 6.07 Å². The fourth-order valence-corrected chi connectivity index (χ4v) is 1.45. The summed E-state index contributed by atoms with van der Waals surface area (Å²) < 4.78 is 5.53. The molecule has 0 radical (unpaired) electrons. The van der Waals surface area contributed by atoms with Crippen molar-refractivity contribution in [1.29, 1.82) is 0 Å². The minimum atomic E-state index is -1.45. The first-order chi connectivity index (χ1) is 7.99. The van der Waals surface area contributed by atoms with Crippen LogP contribution in [0.2, 0.25) is 0 Å². The summed E-state index contributed by atoms with van der Waals surface area (Å²) in [5.41, 5.74) is -0.109. The summed E-state index contributed by atoms with van der Waals surface area (Å²) in [7, 11) is 0. The number of nitro benzene ring substituents is 1. The predicted octanol–water partition coefficient (Wildman–Crippen LogP) is -0.747. The van der Waals surface area contributed by atoms with E-state index in [1.807, 2.05) is 0 Å². The fourth-order valence-electron chi connectivity index (χ4n) is 1.45. The maximum Gasteiger partial charge on any atom is 0.420 e. The first-order valence-electron chi connectivity index (χ1n) is 4.46. The molecule has 0 aliphatic rings. The molecular formula is C9H5N2O6-. The standard InChI is InChI=1S/C9H6N2O6/c12-8(13)4-10-6-2-1-5(11(15)16)3-7(6)17-9(10)14/h1-3H,4H2,(H,12,13)/p-1. The van der Waals surface area contributed by atoms with Crippen LogP contribution >= 0.6 is 0 Å². The Morgan fingerprint density at radius 3 is 2.76 bits per heavy atom. The molecule has 0 aliphatic heterocycles. The van der Waals surface area contributed by atoms with Gasteiger partial charge in [-0.1, -0.05) is 0 Å². The van der Waals surface area contributed by atoms with Crippen molar-refractivity contribution in [3.05, 3.63) is 38.9 Å². The molecular weight excluding hydrogens is 232 g/mol. The number of hydrogen-bond donors (Lipinski definition) is 0. The number of benzene rings is 1. The molecule has 2 rings (SSSR count). The van der Waals surface area contributed by atoms with Crippen LogP contribution in [0, 0.1) is 10.1 Å². The van der Waals surface area contributed by atoms with E-state index in [1.54, 1.807) is 0 Å². The number of oxazole rings is 1. The van der Waals surface area contributed by atoms with Crippen LogP contribution in [0.4, 0.5) is 5.69 Å². The van der Waals surface area contributed by atoms with Gasteiger partial charge in [0, 0.05) is 6.07 Å². The lowest BCUT2D eigenvalue weighted by Gasteiger charge is -2.01. The van der Waals surface area contributed by atoms with Crippen LogP contribution in [0.1, 0.15) is 0 Å². The second-order valence-electron chi connectivity index (χ2n) is 3.24. The maximum absolute atomic E-state index is 11.3. The minimum absolute atomic E-state index is 0.0366. The van der Waals surface area contributed by atoms with Crippen molar-refractivity contribution in [3.63, 3.8) is 0 Å². The number of carbonyl (C=O) groups excluding carboxylic acids is 1. The number of carboxylic acids is 1. The van der Waals surface area contributed by atoms with Gasteiger partial charge in [0.05, 0.1) is 29.0 Å². The van der Waals surface area contributed by atoms with E-state index in [9.17, 15) is 24.8 Å². The monoisotopic (exact) mass is 237 g/mol. The zero-order valence-electron chi connectivity index (χ0n) is 8.28. The largest absolute Gasteiger partial charge is 0.548 e. The highest BCUT2D eigenvalue weighted by Gasteiger charge is 2.13. The Hall–Kier alpha value is -2.64. The number of non-ortho nitro benzene ring substituents is 1. The van der Waals surface area contributed by atoms with Crippen LogP contribution in [0.25, 0.3) is 11.1 Å². The van der Waals surface area contributed by atoms with Gasteiger partial charge in [0.1, 0.15) is 0 Å². The molecule has 0 aliphatic carbocycles. The second kappa shape index (κ2) is 3.74. The van der Waals surface area contributed by atoms with Gasteiger partial charge in [0.2, 0.25) is 0 Å². The van der Waals surface area contributed by atoms with Gasteiger partial charge < -0.3 is 14.3 Å². The highest BCUT2D eigenvalue weighted by Crippen LogP contribution is 2.19. The summed E-state index contributed by atoms with van der Waals surface area (Å²) in [4.78, 5) is 31.6. The molecule has 0 fully saturated rings. The van der Waals surface area contributed by atoms with E-state index in [0.29, 0.717) is 0 Å². The van der Waals surface area contributed by atoms with Crippen LogP contribution in [-0.2, 0) is 11.3 Å². The predicted molar refractivity (Wildman–Crippen MR) is 52.1 cm³/mol. The van der Waals surface area contributed by atoms with Crippen LogP contribution < -0.4 is 10.9 Å². The first-order valence-corrected chi connectivity index (χ1v) is 4.46. The molecule has 0 saturated heterocycles. The quantitative estimate of drug-likeness (QED) is 0.512. The van der Waals surface area contributed by atoms with Crippen molar-refractivity contribution in [2.45, 2.75) is 6.54 Å². The third-order valence-electron chi connectivity index (χ3n) is 2.15. The van der Waals surface area contributed by atoms with Gasteiger partial charge in [-0.25, -0.2) is 4.79 Å². The van der Waals surface area contributed by atoms with Crippen molar-refractivity contribution in [2.75, 3.05) is 0 Å². The molecule has 0 amide bonds. The van der Waals surface area contributed by atoms with Crippen LogP contribution in [0.15, 0.2) is 27.4 Å². The topological polar surface area (TPSA) is 118 Å². The van der Waals surface area contributed by atoms with Crippen molar-refractivity contribution >= 4 is 22.8 Å². The molecule has 1 heterocycles. The highest BCUT2D eigenvalue weighted by atomic mass is 16.6. The number of nitrogens with zero attached hydrogens (tertiary/aromatic N) is 2. The minimum Gasteiger partial charge on any atom is -0.548 e. The number of fused-ring (bicyclic) bond motifs is 1. The summed E-state index contributed by atoms with van der Waals surface area (Å²) in [6.07, 6.45) is 0. The molecule has 0 bridgehead atoms. The average Bonchev–Trinajstić information content (AvgIpc) is 2.54. The Labute approximate surface area is 92.8 Å². The summed E-state index contributed by atoms with van der Waals surface area (Å²) >= 11 is 0. The molecule has 8 heteroatoms. The third-order valence-corrected chi connectivity index (χ3v) is 2.15. The lowest BCUT2D eigenvalue weighted by Crippen LogP contribution is -2.31. The lowest BCUT2D eigenvalue weighted by atomic mass is 10.3. The van der Waals surface area contributed by atoms with Gasteiger partial charge in [0.15, 0.2) is 5.58 Å². The number of carbonyl (C=O) groups is 1. The summed E-state index contributed by atoms with van der Waals surface area (Å²) in [5, 5.41) is 20.9. The highest BCUT2D eigenvalue weighted by molar-refractivity contribution is 5.77. The molecule has 1 aromatic carbocycles. The molecule has 17 heavy (non-hydrogen) atoms. The summed E-state index contributed by atoms with van der Waals surface area (Å²) in [6.45, 7) is -0.663. The fraction of sp³-hybridized carbons (Fsp3) is 0.111. The Morgan fingerprint density at radius 2 is 2.18 bits per heavy atom. The number of rotatable bonds is 3. The Kier molecular flexibility index (Phi) is 2.39. The van der Waals surface area contributed by atoms with Gasteiger partial charge in [-0.2, -0.15) is 0 Å². The number of carboxylic acid groups (broad SMARTS) is 1. The summed E-state index contributed by atoms with van der Waals surface area (Å²) in [5.74, 6) is -2.35. The molecule has 0 saturated carbocycles. The van der Waals surface area contributed by atoms with Gasteiger partial charge in [0.25, 0.3) is 5.69 Å². The van der Waals surface area contributed by atoms with E-state index in [1.165, 1.54) is 6.07 Å². The number of aromatic nitrogens is 1.